The maximum absolute atomic E-state index is 12.4. The van der Waals surface area contributed by atoms with Gasteiger partial charge in [-0.15, -0.1) is 0 Å². The second-order valence-corrected chi connectivity index (χ2v) is 5.69. The largest absolute Gasteiger partial charge is 0.481 e. The van der Waals surface area contributed by atoms with Crippen molar-refractivity contribution >= 4 is 11.9 Å². The van der Waals surface area contributed by atoms with Gasteiger partial charge in [0.05, 0.1) is 12.2 Å². The molecule has 0 aromatic carbocycles. The molecule has 1 aliphatic rings. The highest BCUT2D eigenvalue weighted by molar-refractivity contribution is 5.98. The van der Waals surface area contributed by atoms with Crippen molar-refractivity contribution in [1.82, 2.24) is 0 Å². The predicted molar refractivity (Wildman–Crippen MR) is 77.3 cm³/mol. The van der Waals surface area contributed by atoms with Gasteiger partial charge in [0.1, 0.15) is 5.41 Å². The number of hydrogen-bond donors (Lipinski definition) is 1. The van der Waals surface area contributed by atoms with Gasteiger partial charge < -0.3 is 9.84 Å². The van der Waals surface area contributed by atoms with Crippen LogP contribution < -0.4 is 0 Å². The van der Waals surface area contributed by atoms with E-state index in [4.69, 9.17) is 4.74 Å². The smallest absolute Gasteiger partial charge is 0.335 e. The summed E-state index contributed by atoms with van der Waals surface area (Å²) in [5, 5.41) is 9.80. The fourth-order valence-electron chi connectivity index (χ4n) is 3.28. The summed E-state index contributed by atoms with van der Waals surface area (Å²) in [6.07, 6.45) is 4.08. The van der Waals surface area contributed by atoms with Crippen LogP contribution >= 0.6 is 0 Å². The average Bonchev–Trinajstić information content (AvgIpc) is 2.88. The molecular weight excluding hydrogens is 256 g/mol. The van der Waals surface area contributed by atoms with Gasteiger partial charge in [0.25, 0.3) is 0 Å². The number of ether oxygens (including phenoxy) is 1. The third-order valence-corrected chi connectivity index (χ3v) is 4.41. The molecule has 4 heteroatoms. The minimum Gasteiger partial charge on any atom is -0.481 e. The van der Waals surface area contributed by atoms with Gasteiger partial charge >= 0.3 is 11.9 Å². The molecule has 1 N–H and O–H groups in total. The van der Waals surface area contributed by atoms with E-state index in [0.29, 0.717) is 12.0 Å². The summed E-state index contributed by atoms with van der Waals surface area (Å²) in [5.74, 6) is -1.52. The molecule has 0 aliphatic heterocycles. The number of carboxylic acid groups (broad SMARTS) is 1. The summed E-state index contributed by atoms with van der Waals surface area (Å²) in [4.78, 5) is 24.4. The number of carbonyl (C=O) groups is 2. The van der Waals surface area contributed by atoms with Gasteiger partial charge in [0.15, 0.2) is 0 Å². The van der Waals surface area contributed by atoms with Gasteiger partial charge in [-0.1, -0.05) is 26.3 Å². The first-order valence-corrected chi connectivity index (χ1v) is 7.54. The predicted octanol–water partition coefficient (Wildman–Crippen LogP) is 3.56. The number of esters is 1. The first-order chi connectivity index (χ1) is 9.41. The molecular formula is C16H26O4. The second kappa shape index (κ2) is 6.91. The van der Waals surface area contributed by atoms with Gasteiger partial charge in [-0.05, 0) is 44.9 Å². The summed E-state index contributed by atoms with van der Waals surface area (Å²) in [6.45, 7) is 7.59. The Morgan fingerprint density at radius 3 is 2.15 bits per heavy atom. The van der Waals surface area contributed by atoms with Crippen LogP contribution in [0.15, 0.2) is 11.1 Å². The second-order valence-electron chi connectivity index (χ2n) is 5.69. The van der Waals surface area contributed by atoms with Crippen LogP contribution in [0, 0.1) is 11.3 Å². The molecule has 0 bridgehead atoms. The topological polar surface area (TPSA) is 63.6 Å². The van der Waals surface area contributed by atoms with Crippen LogP contribution in [-0.2, 0) is 14.3 Å². The monoisotopic (exact) mass is 282 g/mol. The fourth-order valence-corrected chi connectivity index (χ4v) is 3.28. The minimum absolute atomic E-state index is 0.155. The van der Waals surface area contributed by atoms with Crippen LogP contribution in [0.2, 0.25) is 0 Å². The minimum atomic E-state index is -1.13. The molecule has 1 aliphatic carbocycles. The van der Waals surface area contributed by atoms with E-state index in [0.717, 1.165) is 31.3 Å². The molecule has 1 unspecified atom stereocenters. The lowest BCUT2D eigenvalue weighted by Gasteiger charge is -2.35. The quantitative estimate of drug-likeness (QED) is 0.597. The third-order valence-electron chi connectivity index (χ3n) is 4.41. The molecule has 0 radical (unpaired) electrons. The van der Waals surface area contributed by atoms with Crippen molar-refractivity contribution in [3.8, 4) is 0 Å². The lowest BCUT2D eigenvalue weighted by atomic mass is 9.67. The summed E-state index contributed by atoms with van der Waals surface area (Å²) in [6, 6.07) is 0. The standard InChI is InChI=1S/C16H26O4/c1-5-16(11(3)4,15(18)19)13(14(17)20-6-2)12-9-7-8-10-12/h11H,5-10H2,1-4H3,(H,18,19). The first-order valence-electron chi connectivity index (χ1n) is 7.54. The Morgan fingerprint density at radius 1 is 1.25 bits per heavy atom. The van der Waals surface area contributed by atoms with E-state index in [1.165, 1.54) is 0 Å². The Morgan fingerprint density at radius 2 is 1.80 bits per heavy atom. The van der Waals surface area contributed by atoms with Crippen LogP contribution in [0.5, 0.6) is 0 Å². The average molecular weight is 282 g/mol. The molecule has 1 atom stereocenters. The summed E-state index contributed by atoms with van der Waals surface area (Å²) >= 11 is 0. The molecule has 0 heterocycles. The maximum Gasteiger partial charge on any atom is 0.335 e. The van der Waals surface area contributed by atoms with Crippen molar-refractivity contribution in [3.63, 3.8) is 0 Å². The van der Waals surface area contributed by atoms with E-state index in [2.05, 4.69) is 0 Å². The third kappa shape index (κ3) is 2.89. The number of aliphatic carboxylic acids is 1. The Hall–Kier alpha value is -1.32. The SMILES string of the molecule is CCOC(=O)C(=C1CCCC1)C(CC)(C(=O)O)C(C)C. The number of rotatable bonds is 6. The van der Waals surface area contributed by atoms with Gasteiger partial charge in [-0.25, -0.2) is 4.79 Å². The van der Waals surface area contributed by atoms with Crippen LogP contribution in [-0.4, -0.2) is 23.7 Å². The highest BCUT2D eigenvalue weighted by Gasteiger charge is 2.48. The van der Waals surface area contributed by atoms with Gasteiger partial charge in [0, 0.05) is 0 Å². The first kappa shape index (κ1) is 16.7. The highest BCUT2D eigenvalue weighted by atomic mass is 16.5. The highest BCUT2D eigenvalue weighted by Crippen LogP contribution is 2.44. The molecule has 1 fully saturated rings. The molecule has 114 valence electrons. The van der Waals surface area contributed by atoms with Crippen LogP contribution in [0.4, 0.5) is 0 Å². The van der Waals surface area contributed by atoms with E-state index in [-0.39, 0.29) is 12.5 Å². The zero-order chi connectivity index (χ0) is 15.3. The molecule has 0 saturated heterocycles. The summed E-state index contributed by atoms with van der Waals surface area (Å²) in [5.41, 5.74) is 0.273. The van der Waals surface area contributed by atoms with E-state index in [1.54, 1.807) is 6.92 Å². The molecule has 1 saturated carbocycles. The van der Waals surface area contributed by atoms with Crippen molar-refractivity contribution in [2.45, 2.75) is 59.8 Å². The van der Waals surface area contributed by atoms with Crippen molar-refractivity contribution in [3.05, 3.63) is 11.1 Å². The molecule has 0 spiro atoms. The van der Waals surface area contributed by atoms with Crippen LogP contribution in [0.1, 0.15) is 59.8 Å². The number of carbonyl (C=O) groups excluding carboxylic acids is 1. The van der Waals surface area contributed by atoms with Crippen LogP contribution in [0.3, 0.4) is 0 Å². The molecule has 0 aromatic heterocycles. The van der Waals surface area contributed by atoms with Crippen molar-refractivity contribution < 1.29 is 19.4 Å². The molecule has 0 amide bonds. The molecule has 0 aromatic rings. The summed E-state index contributed by atoms with van der Waals surface area (Å²) in [7, 11) is 0. The fraction of sp³-hybridized carbons (Fsp3) is 0.750. The van der Waals surface area contributed by atoms with Crippen molar-refractivity contribution in [2.75, 3.05) is 6.61 Å². The zero-order valence-corrected chi connectivity index (χ0v) is 13.0. The van der Waals surface area contributed by atoms with Crippen LogP contribution in [0.25, 0.3) is 0 Å². The molecule has 1 rings (SSSR count). The Bertz CT molecular complexity index is 401. The normalized spacial score (nSPS) is 17.9. The number of carboxylic acids is 1. The van der Waals surface area contributed by atoms with Crippen molar-refractivity contribution in [2.24, 2.45) is 11.3 Å². The molecule has 20 heavy (non-hydrogen) atoms. The Balaban J connectivity index is 3.44. The van der Waals surface area contributed by atoms with Gasteiger partial charge in [0.2, 0.25) is 0 Å². The van der Waals surface area contributed by atoms with Crippen molar-refractivity contribution in [1.29, 1.82) is 0 Å². The van der Waals surface area contributed by atoms with E-state index >= 15 is 0 Å². The number of hydrogen-bond acceptors (Lipinski definition) is 3. The van der Waals surface area contributed by atoms with Gasteiger partial charge in [-0.2, -0.15) is 0 Å². The lowest BCUT2D eigenvalue weighted by Crippen LogP contribution is -2.41. The van der Waals surface area contributed by atoms with E-state index < -0.39 is 17.4 Å². The molecule has 4 nitrogen and oxygen atoms in total. The lowest BCUT2D eigenvalue weighted by molar-refractivity contribution is -0.154. The Kier molecular flexibility index (Phi) is 5.78. The van der Waals surface area contributed by atoms with Gasteiger partial charge in [-0.3, -0.25) is 4.79 Å². The summed E-state index contributed by atoms with van der Waals surface area (Å²) < 4.78 is 5.16. The Labute approximate surface area is 121 Å². The zero-order valence-electron chi connectivity index (χ0n) is 13.0. The van der Waals surface area contributed by atoms with E-state index in [9.17, 15) is 14.7 Å². The van der Waals surface area contributed by atoms with E-state index in [1.807, 2.05) is 20.8 Å². The number of allylic oxidation sites excluding steroid dienone is 1. The maximum atomic E-state index is 12.4.